The fraction of sp³-hybridized carbons (Fsp3) is 0.675. The van der Waals surface area contributed by atoms with Gasteiger partial charge in [-0.2, -0.15) is 0 Å². The van der Waals surface area contributed by atoms with Crippen LogP contribution in [0.15, 0.2) is 30.4 Å². The molecule has 0 radical (unpaired) electrons. The number of sulfonamides is 1. The zero-order valence-corrected chi connectivity index (χ0v) is 33.6. The Bertz CT molecular complexity index is 1820. The molecular weight excluding hydrogens is 727 g/mol. The molecule has 14 nitrogen and oxygen atoms in total. The Morgan fingerprint density at radius 3 is 2.53 bits per heavy atom. The maximum atomic E-state index is 14.6. The molecule has 302 valence electrons. The number of hydrogen-bond acceptors (Lipinski definition) is 9. The van der Waals surface area contributed by atoms with Gasteiger partial charge >= 0.3 is 12.2 Å². The summed E-state index contributed by atoms with van der Waals surface area (Å²) in [6, 6.07) is 3.77. The standard InChI is InChI=1S/C40H57N5O9S/c1-38(2,3)32-34(47)45-23-29(20-31(45)33(46)42-40-21-28(40)17-9-7-6-8-12-19-55(51,52)43-35(40)48)54-37(50)44-22-27-16-13-15-26(30(27)24-44)14-10-11-18-39(4,5)25-53-36(49)41-32/h9,13,15-17,28-29,31-32H,6-8,10-12,14,18-25H2,1-5H3,(H,41,49)(H,42,46)(H,43,48)/b17-9-/t28-,29-,31+,32-,40-/m1/s1. The highest BCUT2D eigenvalue weighted by atomic mass is 32.2. The number of hydrogen-bond donors (Lipinski definition) is 3. The lowest BCUT2D eigenvalue weighted by molar-refractivity contribution is -0.143. The van der Waals surface area contributed by atoms with Gasteiger partial charge in [-0.3, -0.25) is 24.0 Å². The zero-order valence-electron chi connectivity index (χ0n) is 32.8. The molecule has 0 aromatic heterocycles. The van der Waals surface area contributed by atoms with E-state index in [0.29, 0.717) is 32.4 Å². The second-order valence-electron chi connectivity index (χ2n) is 17.8. The van der Waals surface area contributed by atoms with Gasteiger partial charge in [0.1, 0.15) is 23.7 Å². The van der Waals surface area contributed by atoms with E-state index in [1.54, 1.807) is 25.7 Å². The largest absolute Gasteiger partial charge is 0.449 e. The van der Waals surface area contributed by atoms with Crippen LogP contribution in [-0.2, 0) is 53.4 Å². The van der Waals surface area contributed by atoms with E-state index in [-0.39, 0.29) is 37.2 Å². The summed E-state index contributed by atoms with van der Waals surface area (Å²) >= 11 is 0. The summed E-state index contributed by atoms with van der Waals surface area (Å²) in [5.74, 6) is -2.75. The smallest absolute Gasteiger partial charge is 0.410 e. The predicted molar refractivity (Wildman–Crippen MR) is 204 cm³/mol. The third-order valence-electron chi connectivity index (χ3n) is 11.6. The van der Waals surface area contributed by atoms with Crippen molar-refractivity contribution in [1.82, 2.24) is 25.2 Å². The number of alkyl carbamates (subject to hydrolysis) is 1. The SMILES string of the molecule is CC1(C)CCCCc2cccc3c2CN(C3)C(=O)O[C@@H]2C[C@@H](C(=O)N[C@]34C[C@H]3/C=C\CCCCCS(=O)(=O)NC4=O)N(C2)C(=O)[C@H](C(C)(C)C)NC(=O)OC1. The van der Waals surface area contributed by atoms with Gasteiger partial charge in [-0.1, -0.05) is 77.8 Å². The molecule has 0 spiro atoms. The molecule has 5 aliphatic rings. The minimum absolute atomic E-state index is 0.0681. The van der Waals surface area contributed by atoms with E-state index in [1.165, 1.54) is 10.5 Å². The molecule has 4 aliphatic heterocycles. The number of carbonyl (C=O) groups is 5. The number of allylic oxidation sites excluding steroid dienone is 1. The lowest BCUT2D eigenvalue weighted by Gasteiger charge is -2.35. The van der Waals surface area contributed by atoms with E-state index in [4.69, 9.17) is 9.47 Å². The van der Waals surface area contributed by atoms with Gasteiger partial charge in [0.25, 0.3) is 5.91 Å². The topological polar surface area (TPSA) is 181 Å². The van der Waals surface area contributed by atoms with E-state index < -0.39 is 75.0 Å². The Morgan fingerprint density at radius 2 is 1.76 bits per heavy atom. The van der Waals surface area contributed by atoms with Crippen LogP contribution < -0.4 is 15.4 Å². The first-order valence-electron chi connectivity index (χ1n) is 19.7. The summed E-state index contributed by atoms with van der Waals surface area (Å²) in [7, 11) is -3.94. The van der Waals surface area contributed by atoms with E-state index in [1.807, 2.05) is 38.1 Å². The summed E-state index contributed by atoms with van der Waals surface area (Å²) in [5, 5.41) is 5.59. The molecule has 4 heterocycles. The third-order valence-corrected chi connectivity index (χ3v) is 13.0. The van der Waals surface area contributed by atoms with E-state index >= 15 is 0 Å². The first-order chi connectivity index (χ1) is 25.9. The summed E-state index contributed by atoms with van der Waals surface area (Å²) in [5.41, 5.74) is 0.643. The Morgan fingerprint density at radius 1 is 1.00 bits per heavy atom. The van der Waals surface area contributed by atoms with Gasteiger partial charge in [-0.05, 0) is 72.5 Å². The number of rotatable bonds is 2. The fourth-order valence-corrected chi connectivity index (χ4v) is 9.38. The van der Waals surface area contributed by atoms with Crippen molar-refractivity contribution in [2.45, 2.75) is 136 Å². The normalized spacial score (nSPS) is 30.9. The van der Waals surface area contributed by atoms with Crippen LogP contribution in [0.5, 0.6) is 0 Å². The number of nitrogens with one attached hydrogen (secondary N) is 3. The second kappa shape index (κ2) is 15.8. The summed E-state index contributed by atoms with van der Waals surface area (Å²) < 4.78 is 39.5. The molecule has 0 unspecified atom stereocenters. The maximum absolute atomic E-state index is 14.6. The molecule has 55 heavy (non-hydrogen) atoms. The first kappa shape index (κ1) is 40.5. The highest BCUT2D eigenvalue weighted by molar-refractivity contribution is 7.90. The van der Waals surface area contributed by atoms with E-state index in [0.717, 1.165) is 43.2 Å². The molecule has 4 bridgehead atoms. The number of benzene rings is 1. The van der Waals surface area contributed by atoms with Gasteiger partial charge in [-0.15, -0.1) is 0 Å². The number of amides is 5. The Kier molecular flexibility index (Phi) is 11.6. The number of fused-ring (bicyclic) bond motifs is 4. The van der Waals surface area contributed by atoms with Crippen molar-refractivity contribution in [1.29, 1.82) is 0 Å². The van der Waals surface area contributed by atoms with E-state index in [2.05, 4.69) is 21.4 Å². The zero-order chi connectivity index (χ0) is 39.8. The van der Waals surface area contributed by atoms with Crippen molar-refractivity contribution < 1.29 is 41.9 Å². The molecule has 3 N–H and O–H groups in total. The third kappa shape index (κ3) is 9.46. The molecular formula is C40H57N5O9S. The molecule has 5 amide bonds. The van der Waals surface area contributed by atoms with Gasteiger partial charge in [0.2, 0.25) is 21.8 Å². The van der Waals surface area contributed by atoms with Gasteiger partial charge in [0, 0.05) is 25.4 Å². The minimum Gasteiger partial charge on any atom is -0.449 e. The van der Waals surface area contributed by atoms with E-state index in [9.17, 15) is 32.4 Å². The van der Waals surface area contributed by atoms with Crippen LogP contribution in [0.1, 0.15) is 109 Å². The quantitative estimate of drug-likeness (QED) is 0.366. The van der Waals surface area contributed by atoms with Gasteiger partial charge in [-0.25, -0.2) is 18.0 Å². The molecule has 1 aliphatic carbocycles. The van der Waals surface area contributed by atoms with Crippen molar-refractivity contribution in [3.05, 3.63) is 47.0 Å². The number of carbonyl (C=O) groups excluding carboxylic acids is 5. The lowest BCUT2D eigenvalue weighted by atomic mass is 9.85. The van der Waals surface area contributed by atoms with Crippen LogP contribution in [0, 0.1) is 16.7 Å². The average Bonchev–Trinajstić information content (AvgIpc) is 3.40. The van der Waals surface area contributed by atoms with Crippen molar-refractivity contribution in [3.8, 4) is 0 Å². The first-order valence-corrected chi connectivity index (χ1v) is 21.4. The Labute approximate surface area is 324 Å². The van der Waals surface area contributed by atoms with Crippen LogP contribution in [0.25, 0.3) is 0 Å². The number of ether oxygens (including phenoxy) is 2. The van der Waals surface area contributed by atoms with Crippen LogP contribution in [0.4, 0.5) is 9.59 Å². The number of aryl methyl sites for hydroxylation is 1. The summed E-state index contributed by atoms with van der Waals surface area (Å²) in [6.45, 7) is 10.2. The molecule has 1 saturated heterocycles. The van der Waals surface area contributed by atoms with Crippen LogP contribution in [-0.4, -0.2) is 90.8 Å². The average molecular weight is 784 g/mol. The van der Waals surface area contributed by atoms with Gasteiger partial charge in [0.15, 0.2) is 0 Å². The van der Waals surface area contributed by atoms with Crippen LogP contribution in [0.3, 0.4) is 0 Å². The van der Waals surface area contributed by atoms with Gasteiger partial charge in [0.05, 0.1) is 18.9 Å². The monoisotopic (exact) mass is 783 g/mol. The number of cyclic esters (lactones) is 1. The van der Waals surface area contributed by atoms with Crippen LogP contribution >= 0.6 is 0 Å². The molecule has 1 saturated carbocycles. The summed E-state index contributed by atoms with van der Waals surface area (Å²) in [6.07, 6.45) is 7.78. The Balaban J connectivity index is 1.29. The number of nitrogens with zero attached hydrogens (tertiary/aromatic N) is 2. The lowest BCUT2D eigenvalue weighted by Crippen LogP contribution is -2.60. The minimum atomic E-state index is -3.94. The molecule has 15 heteroatoms. The fourth-order valence-electron chi connectivity index (χ4n) is 8.23. The molecule has 2 fully saturated rings. The Hall–Kier alpha value is -4.14. The molecule has 6 rings (SSSR count). The second-order valence-corrected chi connectivity index (χ2v) is 19.7. The molecule has 1 aromatic carbocycles. The highest BCUT2D eigenvalue weighted by Crippen LogP contribution is 2.46. The predicted octanol–water partition coefficient (Wildman–Crippen LogP) is 4.45. The van der Waals surface area contributed by atoms with Crippen molar-refractivity contribution >= 4 is 39.9 Å². The highest BCUT2D eigenvalue weighted by Gasteiger charge is 2.62. The molecule has 1 aromatic rings. The molecule has 5 atom stereocenters. The van der Waals surface area contributed by atoms with Crippen molar-refractivity contribution in [2.75, 3.05) is 18.9 Å². The maximum Gasteiger partial charge on any atom is 0.410 e. The van der Waals surface area contributed by atoms with Crippen LogP contribution in [0.2, 0.25) is 0 Å². The van der Waals surface area contributed by atoms with Gasteiger partial charge < -0.3 is 25.0 Å². The summed E-state index contributed by atoms with van der Waals surface area (Å²) in [4.78, 5) is 72.5. The van der Waals surface area contributed by atoms with Crippen molar-refractivity contribution in [2.24, 2.45) is 16.7 Å². The van der Waals surface area contributed by atoms with Crippen molar-refractivity contribution in [3.63, 3.8) is 0 Å².